The van der Waals surface area contributed by atoms with Gasteiger partial charge in [0, 0.05) is 23.1 Å². The van der Waals surface area contributed by atoms with E-state index in [9.17, 15) is 9.59 Å². The summed E-state index contributed by atoms with van der Waals surface area (Å²) in [6, 6.07) is 15.7. The van der Waals surface area contributed by atoms with Gasteiger partial charge in [0.05, 0.1) is 18.2 Å². The highest BCUT2D eigenvalue weighted by Gasteiger charge is 2.18. The van der Waals surface area contributed by atoms with Crippen LogP contribution in [0.15, 0.2) is 63.9 Å². The number of benzene rings is 2. The summed E-state index contributed by atoms with van der Waals surface area (Å²) in [5.74, 6) is 1.34. The minimum atomic E-state index is -0.331. The van der Waals surface area contributed by atoms with Gasteiger partial charge in [-0.3, -0.25) is 14.2 Å². The highest BCUT2D eigenvalue weighted by molar-refractivity contribution is 5.95. The van der Waals surface area contributed by atoms with Crippen molar-refractivity contribution in [2.75, 3.05) is 12.4 Å². The summed E-state index contributed by atoms with van der Waals surface area (Å²) in [5.41, 5.74) is 1.45. The van der Waals surface area contributed by atoms with Crippen LogP contribution in [-0.2, 0) is 11.3 Å². The number of anilines is 1. The first kappa shape index (κ1) is 20.3. The number of pyridine rings is 1. The Bertz CT molecular complexity index is 1290. The number of hydrogen-bond donors (Lipinski definition) is 1. The summed E-state index contributed by atoms with van der Waals surface area (Å²) in [7, 11) is 1.58. The second-order valence-corrected chi connectivity index (χ2v) is 7.39. The molecule has 4 rings (SSSR count). The van der Waals surface area contributed by atoms with Crippen LogP contribution in [0.4, 0.5) is 5.69 Å². The first-order valence-electron chi connectivity index (χ1n) is 9.86. The van der Waals surface area contributed by atoms with Gasteiger partial charge in [-0.05, 0) is 30.3 Å². The van der Waals surface area contributed by atoms with Crippen LogP contribution in [0.2, 0.25) is 0 Å². The van der Waals surface area contributed by atoms with Gasteiger partial charge in [0.15, 0.2) is 5.82 Å². The summed E-state index contributed by atoms with van der Waals surface area (Å²) in [4.78, 5) is 30.0. The number of nitrogens with one attached hydrogen (secondary N) is 1. The van der Waals surface area contributed by atoms with E-state index in [1.807, 2.05) is 32.0 Å². The van der Waals surface area contributed by atoms with Crippen LogP contribution >= 0.6 is 0 Å². The Morgan fingerprint density at radius 1 is 1.16 bits per heavy atom. The molecular weight excluding hydrogens is 396 g/mol. The van der Waals surface area contributed by atoms with Gasteiger partial charge in [0.2, 0.25) is 5.91 Å². The number of nitrogens with zero attached hydrogens (tertiary/aromatic N) is 3. The Morgan fingerprint density at radius 3 is 2.58 bits per heavy atom. The molecule has 8 heteroatoms. The third-order valence-corrected chi connectivity index (χ3v) is 4.88. The third-order valence-electron chi connectivity index (χ3n) is 4.88. The van der Waals surface area contributed by atoms with Gasteiger partial charge in [-0.15, -0.1) is 0 Å². The van der Waals surface area contributed by atoms with Crippen molar-refractivity contribution in [2.45, 2.75) is 26.3 Å². The topological polar surface area (TPSA) is 99.2 Å². The lowest BCUT2D eigenvalue weighted by Crippen LogP contribution is -2.27. The van der Waals surface area contributed by atoms with E-state index in [0.29, 0.717) is 28.3 Å². The molecule has 31 heavy (non-hydrogen) atoms. The number of carbonyl (C=O) groups is 1. The van der Waals surface area contributed by atoms with Crippen LogP contribution in [0.3, 0.4) is 0 Å². The van der Waals surface area contributed by atoms with Crippen LogP contribution in [0.25, 0.3) is 22.4 Å². The molecule has 0 aliphatic heterocycles. The normalized spacial score (nSPS) is 11.1. The molecule has 2 aromatic heterocycles. The van der Waals surface area contributed by atoms with E-state index in [1.54, 1.807) is 37.4 Å². The Kier molecular flexibility index (Phi) is 5.53. The van der Waals surface area contributed by atoms with Gasteiger partial charge in [-0.2, -0.15) is 4.98 Å². The number of aromatic nitrogens is 3. The van der Waals surface area contributed by atoms with Crippen LogP contribution in [0, 0.1) is 0 Å². The molecule has 0 bridgehead atoms. The number of amides is 1. The second-order valence-electron chi connectivity index (χ2n) is 7.39. The zero-order valence-corrected chi connectivity index (χ0v) is 17.5. The first-order chi connectivity index (χ1) is 15.0. The number of hydrogen-bond acceptors (Lipinski definition) is 6. The van der Waals surface area contributed by atoms with E-state index in [4.69, 9.17) is 9.26 Å². The molecule has 4 aromatic rings. The highest BCUT2D eigenvalue weighted by atomic mass is 16.5. The molecule has 0 saturated carbocycles. The predicted molar refractivity (Wildman–Crippen MR) is 117 cm³/mol. The lowest BCUT2D eigenvalue weighted by molar-refractivity contribution is -0.116. The highest BCUT2D eigenvalue weighted by Crippen LogP contribution is 2.27. The van der Waals surface area contributed by atoms with E-state index < -0.39 is 0 Å². The zero-order valence-electron chi connectivity index (χ0n) is 17.5. The number of fused-ring (bicyclic) bond motifs is 1. The number of para-hydroxylation sites is 1. The van der Waals surface area contributed by atoms with Crippen LogP contribution in [0.5, 0.6) is 5.75 Å². The number of methoxy groups -OCH3 is 1. The lowest BCUT2D eigenvalue weighted by Gasteiger charge is -2.12. The lowest BCUT2D eigenvalue weighted by atomic mass is 10.1. The van der Waals surface area contributed by atoms with Crippen molar-refractivity contribution < 1.29 is 14.1 Å². The Hall–Kier alpha value is -3.94. The Balaban J connectivity index is 1.67. The molecule has 0 aliphatic rings. The van der Waals surface area contributed by atoms with E-state index in [0.717, 1.165) is 5.39 Å². The molecule has 2 heterocycles. The van der Waals surface area contributed by atoms with Crippen molar-refractivity contribution >= 4 is 22.5 Å². The summed E-state index contributed by atoms with van der Waals surface area (Å²) < 4.78 is 11.9. The number of rotatable bonds is 6. The fourth-order valence-corrected chi connectivity index (χ4v) is 3.27. The van der Waals surface area contributed by atoms with E-state index >= 15 is 0 Å². The summed E-state index contributed by atoms with van der Waals surface area (Å²) >= 11 is 0. The average Bonchev–Trinajstić information content (AvgIpc) is 3.26. The van der Waals surface area contributed by atoms with Crippen LogP contribution in [0.1, 0.15) is 25.6 Å². The maximum absolute atomic E-state index is 12.9. The van der Waals surface area contributed by atoms with Crippen molar-refractivity contribution in [1.82, 2.24) is 14.7 Å². The molecule has 1 amide bonds. The smallest absolute Gasteiger partial charge is 0.258 e. The molecular formula is C23H22N4O4. The van der Waals surface area contributed by atoms with E-state index in [2.05, 4.69) is 15.5 Å². The molecule has 0 spiro atoms. The third kappa shape index (κ3) is 4.18. The monoisotopic (exact) mass is 418 g/mol. The molecule has 2 aromatic carbocycles. The fourth-order valence-electron chi connectivity index (χ4n) is 3.27. The van der Waals surface area contributed by atoms with Gasteiger partial charge in [-0.1, -0.05) is 37.2 Å². The van der Waals surface area contributed by atoms with E-state index in [1.165, 1.54) is 10.6 Å². The van der Waals surface area contributed by atoms with Crippen LogP contribution < -0.4 is 15.6 Å². The SMILES string of the molecule is COc1ccc(NC(=O)Cn2c(=O)cc(-c3nc(C(C)C)no3)c3ccccc32)cc1. The van der Waals surface area contributed by atoms with E-state index in [-0.39, 0.29) is 29.8 Å². The standard InChI is InChI=1S/C23H22N4O4/c1-14(2)22-25-23(31-26-22)18-12-21(29)27(19-7-5-4-6-17(18)19)13-20(28)24-15-8-10-16(30-3)11-9-15/h4-12,14H,13H2,1-3H3,(H,24,28). The molecule has 0 fully saturated rings. The zero-order chi connectivity index (χ0) is 22.0. The van der Waals surface area contributed by atoms with Gasteiger partial charge in [0.25, 0.3) is 11.4 Å². The molecule has 0 atom stereocenters. The fraction of sp³-hybridized carbons (Fsp3) is 0.217. The minimum absolute atomic E-state index is 0.103. The van der Waals surface area contributed by atoms with Gasteiger partial charge >= 0.3 is 0 Å². The van der Waals surface area contributed by atoms with Gasteiger partial charge in [0.1, 0.15) is 12.3 Å². The molecule has 0 aliphatic carbocycles. The molecule has 8 nitrogen and oxygen atoms in total. The summed E-state index contributed by atoms with van der Waals surface area (Å²) in [6.07, 6.45) is 0. The maximum atomic E-state index is 12.9. The van der Waals surface area contributed by atoms with Crippen molar-refractivity contribution in [1.29, 1.82) is 0 Å². The Morgan fingerprint density at radius 2 is 1.90 bits per heavy atom. The average molecular weight is 418 g/mol. The molecule has 158 valence electrons. The molecule has 0 unspecified atom stereocenters. The van der Waals surface area contributed by atoms with Crippen molar-refractivity contribution in [3.8, 4) is 17.2 Å². The summed E-state index contributed by atoms with van der Waals surface area (Å²) in [6.45, 7) is 3.80. The molecule has 0 saturated heterocycles. The van der Waals surface area contributed by atoms with Gasteiger partial charge in [-0.25, -0.2) is 0 Å². The second kappa shape index (κ2) is 8.43. The number of carbonyl (C=O) groups excluding carboxylic acids is 1. The summed E-state index contributed by atoms with van der Waals surface area (Å²) in [5, 5.41) is 7.54. The van der Waals surface area contributed by atoms with Crippen LogP contribution in [-0.4, -0.2) is 27.7 Å². The maximum Gasteiger partial charge on any atom is 0.258 e. The van der Waals surface area contributed by atoms with Crippen molar-refractivity contribution in [3.05, 3.63) is 70.8 Å². The Labute approximate surface area is 178 Å². The van der Waals surface area contributed by atoms with Gasteiger partial charge < -0.3 is 14.6 Å². The number of ether oxygens (including phenoxy) is 1. The van der Waals surface area contributed by atoms with Crippen molar-refractivity contribution in [3.63, 3.8) is 0 Å². The minimum Gasteiger partial charge on any atom is -0.497 e. The quantitative estimate of drug-likeness (QED) is 0.511. The first-order valence-corrected chi connectivity index (χ1v) is 9.86. The molecule has 0 radical (unpaired) electrons. The largest absolute Gasteiger partial charge is 0.497 e. The predicted octanol–water partition coefficient (Wildman–Crippen LogP) is 3.82. The van der Waals surface area contributed by atoms with Crippen molar-refractivity contribution in [2.24, 2.45) is 0 Å². The molecule has 1 N–H and O–H groups in total.